The van der Waals surface area contributed by atoms with Crippen LogP contribution in [0.1, 0.15) is 40.5 Å². The van der Waals surface area contributed by atoms with Crippen molar-refractivity contribution in [2.24, 2.45) is 11.8 Å². The minimum Gasteiger partial charge on any atom is -0.481 e. The van der Waals surface area contributed by atoms with Gasteiger partial charge in [-0.2, -0.15) is 0 Å². The van der Waals surface area contributed by atoms with Crippen LogP contribution >= 0.6 is 0 Å². The lowest BCUT2D eigenvalue weighted by Crippen LogP contribution is -2.37. The molecule has 0 aliphatic heterocycles. The van der Waals surface area contributed by atoms with E-state index < -0.39 is 11.9 Å². The second-order valence-corrected chi connectivity index (χ2v) is 4.62. The molecule has 1 amide bonds. The lowest BCUT2D eigenvalue weighted by molar-refractivity contribution is -0.143. The fourth-order valence-corrected chi connectivity index (χ4v) is 1.36. The predicted molar refractivity (Wildman–Crippen MR) is 63.1 cm³/mol. The van der Waals surface area contributed by atoms with Gasteiger partial charge in [-0.05, 0) is 12.3 Å². The molecule has 0 saturated heterocycles. The van der Waals surface area contributed by atoms with Crippen molar-refractivity contribution in [2.45, 2.75) is 40.5 Å². The summed E-state index contributed by atoms with van der Waals surface area (Å²) < 4.78 is 0. The van der Waals surface area contributed by atoms with Crippen LogP contribution in [0.4, 0.5) is 0 Å². The van der Waals surface area contributed by atoms with Crippen LogP contribution in [0.3, 0.4) is 0 Å². The van der Waals surface area contributed by atoms with Crippen LogP contribution in [0.5, 0.6) is 0 Å². The maximum atomic E-state index is 11.6. The zero-order chi connectivity index (χ0) is 12.7. The smallest absolute Gasteiger partial charge is 0.308 e. The maximum Gasteiger partial charge on any atom is 0.308 e. The van der Waals surface area contributed by atoms with Crippen LogP contribution in [-0.2, 0) is 9.59 Å². The zero-order valence-electron chi connectivity index (χ0n) is 10.7. The van der Waals surface area contributed by atoms with Gasteiger partial charge in [0.15, 0.2) is 0 Å². The van der Waals surface area contributed by atoms with Crippen molar-refractivity contribution >= 4 is 11.9 Å². The molecule has 0 spiro atoms. The van der Waals surface area contributed by atoms with Crippen LogP contribution in [0, 0.1) is 11.8 Å². The fraction of sp³-hybridized carbons (Fsp3) is 0.833. The third kappa shape index (κ3) is 5.73. The Hall–Kier alpha value is -1.06. The first-order valence-corrected chi connectivity index (χ1v) is 5.89. The third-order valence-electron chi connectivity index (χ3n) is 2.55. The van der Waals surface area contributed by atoms with Crippen LogP contribution < -0.4 is 0 Å². The number of hydrogen-bond acceptors (Lipinski definition) is 2. The number of amides is 1. The van der Waals surface area contributed by atoms with E-state index in [1.54, 1.807) is 18.7 Å². The molecule has 0 rings (SSSR count). The summed E-state index contributed by atoms with van der Waals surface area (Å²) in [6.07, 6.45) is 1.35. The molecule has 0 heterocycles. The molecule has 0 radical (unpaired) electrons. The lowest BCUT2D eigenvalue weighted by atomic mass is 10.1. The molecule has 0 aliphatic carbocycles. The van der Waals surface area contributed by atoms with E-state index in [4.69, 9.17) is 5.11 Å². The molecular weight excluding hydrogens is 206 g/mol. The van der Waals surface area contributed by atoms with Crippen LogP contribution in [-0.4, -0.2) is 35.0 Å². The Labute approximate surface area is 97.6 Å². The van der Waals surface area contributed by atoms with Gasteiger partial charge in [0, 0.05) is 19.5 Å². The van der Waals surface area contributed by atoms with Crippen molar-refractivity contribution in [3.63, 3.8) is 0 Å². The van der Waals surface area contributed by atoms with Gasteiger partial charge in [0.2, 0.25) is 5.91 Å². The number of hydrogen-bond donors (Lipinski definition) is 1. The summed E-state index contributed by atoms with van der Waals surface area (Å²) in [5, 5.41) is 8.82. The molecule has 0 bridgehead atoms. The number of rotatable bonds is 7. The van der Waals surface area contributed by atoms with Crippen LogP contribution in [0.15, 0.2) is 0 Å². The van der Waals surface area contributed by atoms with E-state index in [1.807, 2.05) is 0 Å². The molecule has 0 aliphatic rings. The van der Waals surface area contributed by atoms with Gasteiger partial charge >= 0.3 is 5.97 Å². The van der Waals surface area contributed by atoms with Crippen molar-refractivity contribution in [3.05, 3.63) is 0 Å². The van der Waals surface area contributed by atoms with Gasteiger partial charge in [0.05, 0.1) is 5.92 Å². The second kappa shape index (κ2) is 7.25. The third-order valence-corrected chi connectivity index (χ3v) is 2.55. The summed E-state index contributed by atoms with van der Waals surface area (Å²) in [5.41, 5.74) is 0. The van der Waals surface area contributed by atoms with E-state index in [-0.39, 0.29) is 5.91 Å². The number of carboxylic acids is 1. The highest BCUT2D eigenvalue weighted by atomic mass is 16.4. The van der Waals surface area contributed by atoms with Crippen molar-refractivity contribution in [1.82, 2.24) is 4.90 Å². The van der Waals surface area contributed by atoms with E-state index in [2.05, 4.69) is 13.8 Å². The number of aliphatic carboxylic acids is 1. The van der Waals surface area contributed by atoms with Gasteiger partial charge in [-0.15, -0.1) is 0 Å². The Bertz CT molecular complexity index is 238. The number of carbonyl (C=O) groups is 2. The summed E-state index contributed by atoms with van der Waals surface area (Å²) in [7, 11) is 0. The van der Waals surface area contributed by atoms with Crippen molar-refractivity contribution in [3.8, 4) is 0 Å². The summed E-state index contributed by atoms with van der Waals surface area (Å²) in [4.78, 5) is 24.0. The highest BCUT2D eigenvalue weighted by Gasteiger charge is 2.19. The monoisotopic (exact) mass is 229 g/mol. The normalized spacial score (nSPS) is 12.6. The Balaban J connectivity index is 4.31. The van der Waals surface area contributed by atoms with Gasteiger partial charge in [0.1, 0.15) is 0 Å². The van der Waals surface area contributed by atoms with Crippen molar-refractivity contribution in [2.75, 3.05) is 13.1 Å². The molecule has 0 aromatic heterocycles. The second-order valence-electron chi connectivity index (χ2n) is 4.62. The standard InChI is InChI=1S/C12H23NO3/c1-5-11(14)13(7-6-9(2)3)8-10(4)12(15)16/h9-10H,5-8H2,1-4H3,(H,15,16). The van der Waals surface area contributed by atoms with Crippen LogP contribution in [0.25, 0.3) is 0 Å². The number of carboxylic acid groups (broad SMARTS) is 1. The Morgan fingerprint density at radius 2 is 1.81 bits per heavy atom. The van der Waals surface area contributed by atoms with Crippen LogP contribution in [0.2, 0.25) is 0 Å². The molecule has 0 saturated carbocycles. The lowest BCUT2D eigenvalue weighted by Gasteiger charge is -2.24. The largest absolute Gasteiger partial charge is 0.481 e. The summed E-state index contributed by atoms with van der Waals surface area (Å²) >= 11 is 0. The summed E-state index contributed by atoms with van der Waals surface area (Å²) in [6, 6.07) is 0. The average Bonchev–Trinajstić information content (AvgIpc) is 2.22. The quantitative estimate of drug-likeness (QED) is 0.726. The van der Waals surface area contributed by atoms with E-state index >= 15 is 0 Å². The highest BCUT2D eigenvalue weighted by Crippen LogP contribution is 2.07. The molecule has 4 nitrogen and oxygen atoms in total. The molecule has 4 heteroatoms. The van der Waals surface area contributed by atoms with Crippen molar-refractivity contribution in [1.29, 1.82) is 0 Å². The van der Waals surface area contributed by atoms with E-state index in [0.29, 0.717) is 25.4 Å². The first-order chi connectivity index (χ1) is 7.38. The predicted octanol–water partition coefficient (Wildman–Crippen LogP) is 1.99. The molecule has 1 atom stereocenters. The van der Waals surface area contributed by atoms with Gasteiger partial charge < -0.3 is 10.0 Å². The Kier molecular flexibility index (Phi) is 6.77. The first-order valence-electron chi connectivity index (χ1n) is 5.89. The summed E-state index contributed by atoms with van der Waals surface area (Å²) in [6.45, 7) is 8.59. The van der Waals surface area contributed by atoms with Gasteiger partial charge in [-0.1, -0.05) is 27.7 Å². The van der Waals surface area contributed by atoms with E-state index in [1.165, 1.54) is 0 Å². The molecule has 0 fully saturated rings. The van der Waals surface area contributed by atoms with Gasteiger partial charge in [-0.3, -0.25) is 9.59 Å². The molecule has 0 aromatic rings. The van der Waals surface area contributed by atoms with Gasteiger partial charge in [-0.25, -0.2) is 0 Å². The zero-order valence-corrected chi connectivity index (χ0v) is 10.7. The highest BCUT2D eigenvalue weighted by molar-refractivity contribution is 5.77. The summed E-state index contributed by atoms with van der Waals surface area (Å²) in [5.74, 6) is -0.790. The Morgan fingerprint density at radius 3 is 2.19 bits per heavy atom. The molecule has 0 aromatic carbocycles. The topological polar surface area (TPSA) is 57.6 Å². The Morgan fingerprint density at radius 1 is 1.25 bits per heavy atom. The molecule has 1 N–H and O–H groups in total. The van der Waals surface area contributed by atoms with E-state index in [0.717, 1.165) is 6.42 Å². The van der Waals surface area contributed by atoms with Gasteiger partial charge in [0.25, 0.3) is 0 Å². The molecular formula is C12H23NO3. The molecule has 1 unspecified atom stereocenters. The minimum atomic E-state index is -0.849. The maximum absolute atomic E-state index is 11.6. The van der Waals surface area contributed by atoms with E-state index in [9.17, 15) is 9.59 Å². The first kappa shape index (κ1) is 14.9. The average molecular weight is 229 g/mol. The minimum absolute atomic E-state index is 0.0359. The SMILES string of the molecule is CCC(=O)N(CCC(C)C)CC(C)C(=O)O. The molecule has 94 valence electrons. The number of carbonyl (C=O) groups excluding carboxylic acids is 1. The number of nitrogens with zero attached hydrogens (tertiary/aromatic N) is 1. The molecule has 16 heavy (non-hydrogen) atoms. The fourth-order valence-electron chi connectivity index (χ4n) is 1.36. The van der Waals surface area contributed by atoms with Crippen molar-refractivity contribution < 1.29 is 14.7 Å².